The Morgan fingerprint density at radius 3 is 2.87 bits per heavy atom. The SMILES string of the molecule is O=C1CS(=O)(=O)CCC1Cc1cccs1. The van der Waals surface area contributed by atoms with Crippen LogP contribution in [-0.2, 0) is 21.1 Å². The largest absolute Gasteiger partial charge is 0.298 e. The van der Waals surface area contributed by atoms with Crippen molar-refractivity contribution in [2.24, 2.45) is 5.92 Å². The molecule has 0 aliphatic carbocycles. The van der Waals surface area contributed by atoms with Gasteiger partial charge >= 0.3 is 0 Å². The van der Waals surface area contributed by atoms with Crippen LogP contribution >= 0.6 is 11.3 Å². The maximum absolute atomic E-state index is 11.6. The van der Waals surface area contributed by atoms with E-state index in [2.05, 4.69) is 0 Å². The summed E-state index contributed by atoms with van der Waals surface area (Å²) < 4.78 is 22.4. The van der Waals surface area contributed by atoms with Crippen molar-refractivity contribution in [1.82, 2.24) is 0 Å². The molecule has 0 radical (unpaired) electrons. The van der Waals surface area contributed by atoms with E-state index in [-0.39, 0.29) is 23.2 Å². The number of sulfone groups is 1. The van der Waals surface area contributed by atoms with Gasteiger partial charge < -0.3 is 0 Å². The van der Waals surface area contributed by atoms with Gasteiger partial charge in [-0.3, -0.25) is 4.79 Å². The van der Waals surface area contributed by atoms with Crippen LogP contribution in [0.3, 0.4) is 0 Å². The molecule has 0 N–H and O–H groups in total. The van der Waals surface area contributed by atoms with Crippen LogP contribution < -0.4 is 0 Å². The molecule has 1 atom stereocenters. The lowest BCUT2D eigenvalue weighted by atomic mass is 9.97. The van der Waals surface area contributed by atoms with Gasteiger partial charge in [0.2, 0.25) is 0 Å². The highest BCUT2D eigenvalue weighted by Gasteiger charge is 2.31. The Balaban J connectivity index is 2.04. The van der Waals surface area contributed by atoms with Crippen molar-refractivity contribution in [3.63, 3.8) is 0 Å². The highest BCUT2D eigenvalue weighted by molar-refractivity contribution is 7.92. The van der Waals surface area contributed by atoms with E-state index in [1.54, 1.807) is 11.3 Å². The summed E-state index contributed by atoms with van der Waals surface area (Å²) in [5.41, 5.74) is 0. The molecule has 1 aromatic rings. The minimum Gasteiger partial charge on any atom is -0.298 e. The van der Waals surface area contributed by atoms with E-state index in [4.69, 9.17) is 0 Å². The standard InChI is InChI=1S/C10H12O3S2/c11-10-7-15(12,13)5-3-8(10)6-9-2-1-4-14-9/h1-2,4,8H,3,5-7H2. The Labute approximate surface area is 93.0 Å². The van der Waals surface area contributed by atoms with Crippen LogP contribution in [0.25, 0.3) is 0 Å². The molecule has 1 aliphatic rings. The molecular formula is C10H12O3S2. The number of ketones is 1. The normalized spacial score (nSPS) is 25.3. The summed E-state index contributed by atoms with van der Waals surface area (Å²) in [5.74, 6) is -0.306. The van der Waals surface area contributed by atoms with Crippen molar-refractivity contribution in [1.29, 1.82) is 0 Å². The van der Waals surface area contributed by atoms with E-state index >= 15 is 0 Å². The van der Waals surface area contributed by atoms with Gasteiger partial charge in [0.15, 0.2) is 15.6 Å². The predicted molar refractivity (Wildman–Crippen MR) is 59.8 cm³/mol. The number of carbonyl (C=O) groups excluding carboxylic acids is 1. The first-order valence-corrected chi connectivity index (χ1v) is 7.52. The zero-order valence-electron chi connectivity index (χ0n) is 8.18. The van der Waals surface area contributed by atoms with E-state index in [0.717, 1.165) is 4.88 Å². The van der Waals surface area contributed by atoms with E-state index in [9.17, 15) is 13.2 Å². The number of rotatable bonds is 2. The summed E-state index contributed by atoms with van der Waals surface area (Å²) >= 11 is 1.62. The van der Waals surface area contributed by atoms with E-state index in [1.165, 1.54) is 0 Å². The molecule has 1 fully saturated rings. The van der Waals surface area contributed by atoms with Gasteiger partial charge in [-0.1, -0.05) is 6.07 Å². The fourth-order valence-corrected chi connectivity index (χ4v) is 4.02. The molecule has 1 unspecified atom stereocenters. The molecule has 15 heavy (non-hydrogen) atoms. The van der Waals surface area contributed by atoms with E-state index in [1.807, 2.05) is 17.5 Å². The van der Waals surface area contributed by atoms with Crippen molar-refractivity contribution >= 4 is 27.0 Å². The number of carbonyl (C=O) groups is 1. The van der Waals surface area contributed by atoms with Gasteiger partial charge in [-0.2, -0.15) is 0 Å². The zero-order valence-corrected chi connectivity index (χ0v) is 9.81. The average Bonchev–Trinajstić information content (AvgIpc) is 2.61. The number of hydrogen-bond donors (Lipinski definition) is 0. The first-order chi connectivity index (χ1) is 7.07. The first kappa shape index (κ1) is 10.8. The van der Waals surface area contributed by atoms with E-state index < -0.39 is 9.84 Å². The fourth-order valence-electron chi connectivity index (χ4n) is 1.78. The molecule has 82 valence electrons. The summed E-state index contributed by atoms with van der Waals surface area (Å²) in [5, 5.41) is 1.97. The molecule has 0 amide bonds. The van der Waals surface area contributed by atoms with Crippen LogP contribution in [0, 0.1) is 5.92 Å². The van der Waals surface area contributed by atoms with Gasteiger partial charge in [0, 0.05) is 10.8 Å². The summed E-state index contributed by atoms with van der Waals surface area (Å²) in [4.78, 5) is 12.7. The Morgan fingerprint density at radius 1 is 1.47 bits per heavy atom. The van der Waals surface area contributed by atoms with Crippen LogP contribution in [0.15, 0.2) is 17.5 Å². The third kappa shape index (κ3) is 2.66. The monoisotopic (exact) mass is 244 g/mol. The predicted octanol–water partition coefficient (Wildman–Crippen LogP) is 1.29. The van der Waals surface area contributed by atoms with Crippen molar-refractivity contribution in [2.75, 3.05) is 11.5 Å². The number of thiophene rings is 1. The van der Waals surface area contributed by atoms with Gasteiger partial charge in [0.05, 0.1) is 5.75 Å². The molecule has 0 bridgehead atoms. The maximum Gasteiger partial charge on any atom is 0.157 e. The summed E-state index contributed by atoms with van der Waals surface area (Å²) in [6.45, 7) is 0. The molecule has 5 heteroatoms. The third-order valence-electron chi connectivity index (χ3n) is 2.62. The van der Waals surface area contributed by atoms with Crippen molar-refractivity contribution in [3.8, 4) is 0 Å². The molecule has 0 spiro atoms. The smallest absolute Gasteiger partial charge is 0.157 e. The van der Waals surface area contributed by atoms with Gasteiger partial charge in [-0.15, -0.1) is 11.3 Å². The molecule has 2 heterocycles. The van der Waals surface area contributed by atoms with Crippen LogP contribution in [0.2, 0.25) is 0 Å². The lowest BCUT2D eigenvalue weighted by molar-refractivity contribution is -0.120. The first-order valence-electron chi connectivity index (χ1n) is 4.82. The third-order valence-corrected chi connectivity index (χ3v) is 5.10. The lowest BCUT2D eigenvalue weighted by Crippen LogP contribution is -2.33. The number of Topliss-reactive ketones (excluding diaryl/α,β-unsaturated/α-hetero) is 1. The molecule has 0 saturated carbocycles. The second-order valence-corrected chi connectivity index (χ2v) is 7.04. The Kier molecular flexibility index (Phi) is 2.93. The Hall–Kier alpha value is -0.680. The maximum atomic E-state index is 11.6. The number of hydrogen-bond acceptors (Lipinski definition) is 4. The minimum absolute atomic E-state index is 0.0906. The second kappa shape index (κ2) is 4.06. The average molecular weight is 244 g/mol. The fraction of sp³-hybridized carbons (Fsp3) is 0.500. The highest BCUT2D eigenvalue weighted by Crippen LogP contribution is 2.22. The minimum atomic E-state index is -3.09. The molecule has 3 nitrogen and oxygen atoms in total. The van der Waals surface area contributed by atoms with Crippen molar-refractivity contribution in [3.05, 3.63) is 22.4 Å². The zero-order chi connectivity index (χ0) is 10.9. The molecule has 2 rings (SSSR count). The van der Waals surface area contributed by atoms with Gasteiger partial charge in [-0.05, 0) is 24.3 Å². The highest BCUT2D eigenvalue weighted by atomic mass is 32.2. The molecule has 0 aromatic carbocycles. The van der Waals surface area contributed by atoms with Crippen LogP contribution in [-0.4, -0.2) is 25.7 Å². The lowest BCUT2D eigenvalue weighted by Gasteiger charge is -2.19. The molecular weight excluding hydrogens is 232 g/mol. The summed E-state index contributed by atoms with van der Waals surface area (Å²) in [6.07, 6.45) is 1.19. The summed E-state index contributed by atoms with van der Waals surface area (Å²) in [6, 6.07) is 3.94. The quantitative estimate of drug-likeness (QED) is 0.788. The van der Waals surface area contributed by atoms with Crippen LogP contribution in [0.5, 0.6) is 0 Å². The van der Waals surface area contributed by atoms with Crippen molar-refractivity contribution < 1.29 is 13.2 Å². The molecule has 1 aromatic heterocycles. The van der Waals surface area contributed by atoms with Crippen molar-refractivity contribution in [2.45, 2.75) is 12.8 Å². The molecule has 1 aliphatic heterocycles. The van der Waals surface area contributed by atoms with Crippen LogP contribution in [0.1, 0.15) is 11.3 Å². The Bertz CT molecular complexity index is 445. The van der Waals surface area contributed by atoms with Gasteiger partial charge in [-0.25, -0.2) is 8.42 Å². The molecule has 1 saturated heterocycles. The van der Waals surface area contributed by atoms with E-state index in [0.29, 0.717) is 12.8 Å². The summed E-state index contributed by atoms with van der Waals surface area (Å²) in [7, 11) is -3.09. The van der Waals surface area contributed by atoms with Gasteiger partial charge in [0.1, 0.15) is 5.75 Å². The second-order valence-electron chi connectivity index (χ2n) is 3.83. The van der Waals surface area contributed by atoms with Crippen LogP contribution in [0.4, 0.5) is 0 Å². The topological polar surface area (TPSA) is 51.2 Å². The Morgan fingerprint density at radius 2 is 2.27 bits per heavy atom. The van der Waals surface area contributed by atoms with Gasteiger partial charge in [0.25, 0.3) is 0 Å².